The highest BCUT2D eigenvalue weighted by atomic mass is 32.2. The summed E-state index contributed by atoms with van der Waals surface area (Å²) in [5, 5.41) is 8.10. The van der Waals surface area contributed by atoms with Crippen molar-refractivity contribution in [2.75, 3.05) is 11.4 Å². The van der Waals surface area contributed by atoms with Crippen molar-refractivity contribution in [2.45, 2.75) is 36.6 Å². The molecule has 1 heterocycles. The number of primary sulfonamides is 1. The third-order valence-corrected chi connectivity index (χ3v) is 4.86. The maximum absolute atomic E-state index is 12.2. The van der Waals surface area contributed by atoms with Crippen molar-refractivity contribution >= 4 is 21.7 Å². The van der Waals surface area contributed by atoms with Crippen LogP contribution in [0.25, 0.3) is 0 Å². The number of urea groups is 1. The van der Waals surface area contributed by atoms with E-state index < -0.39 is 10.0 Å². The van der Waals surface area contributed by atoms with Gasteiger partial charge in [0.2, 0.25) is 10.0 Å². The molecule has 1 saturated carbocycles. The van der Waals surface area contributed by atoms with Crippen LogP contribution in [0.4, 0.5) is 10.5 Å². The van der Waals surface area contributed by atoms with Gasteiger partial charge in [-0.25, -0.2) is 18.4 Å². The monoisotopic (exact) mass is 295 g/mol. The molecule has 2 aliphatic rings. The van der Waals surface area contributed by atoms with Gasteiger partial charge in [0.25, 0.3) is 0 Å². The molecule has 0 atom stereocenters. The summed E-state index contributed by atoms with van der Waals surface area (Å²) < 4.78 is 22.6. The summed E-state index contributed by atoms with van der Waals surface area (Å²) in [5.41, 5.74) is 1.62. The van der Waals surface area contributed by atoms with Gasteiger partial charge < -0.3 is 5.32 Å². The Hall–Kier alpha value is -1.60. The molecule has 7 heteroatoms. The number of nitrogens with two attached hydrogens (primary N) is 1. The molecule has 1 fully saturated rings. The van der Waals surface area contributed by atoms with Gasteiger partial charge in [-0.3, -0.25) is 4.90 Å². The standard InChI is InChI=1S/C13H17N3O3S/c14-20(18,19)11-4-5-12-9(8-11)6-7-16(12)13(17)15-10-2-1-3-10/h4-5,8,10H,1-3,6-7H2,(H,15,17)(H2,14,18,19). The van der Waals surface area contributed by atoms with E-state index in [2.05, 4.69) is 5.32 Å². The SMILES string of the molecule is NS(=O)(=O)c1ccc2c(c1)CCN2C(=O)NC1CCC1. The fourth-order valence-corrected chi connectivity index (χ4v) is 3.14. The zero-order valence-corrected chi connectivity index (χ0v) is 11.8. The van der Waals surface area contributed by atoms with Crippen molar-refractivity contribution in [1.82, 2.24) is 5.32 Å². The third-order valence-electron chi connectivity index (χ3n) is 3.95. The lowest BCUT2D eigenvalue weighted by molar-refractivity contribution is 0.234. The molecule has 0 spiro atoms. The topological polar surface area (TPSA) is 92.5 Å². The number of sulfonamides is 1. The zero-order chi connectivity index (χ0) is 14.3. The van der Waals surface area contributed by atoms with Gasteiger partial charge in [-0.15, -0.1) is 0 Å². The third kappa shape index (κ3) is 2.38. The number of carbonyl (C=O) groups excluding carboxylic acids is 1. The van der Waals surface area contributed by atoms with Crippen molar-refractivity contribution in [1.29, 1.82) is 0 Å². The van der Waals surface area contributed by atoms with E-state index in [9.17, 15) is 13.2 Å². The van der Waals surface area contributed by atoms with Crippen LogP contribution in [0.1, 0.15) is 24.8 Å². The lowest BCUT2D eigenvalue weighted by Crippen LogP contribution is -2.46. The van der Waals surface area contributed by atoms with Gasteiger partial charge in [-0.1, -0.05) is 0 Å². The molecule has 20 heavy (non-hydrogen) atoms. The molecule has 0 saturated heterocycles. The molecular weight excluding hydrogens is 278 g/mol. The van der Waals surface area contributed by atoms with E-state index >= 15 is 0 Å². The van der Waals surface area contributed by atoms with Crippen LogP contribution in [-0.4, -0.2) is 27.0 Å². The van der Waals surface area contributed by atoms with E-state index in [0.717, 1.165) is 24.1 Å². The zero-order valence-electron chi connectivity index (χ0n) is 11.0. The predicted octanol–water partition coefficient (Wildman–Crippen LogP) is 0.959. The Labute approximate surface area is 118 Å². The highest BCUT2D eigenvalue weighted by molar-refractivity contribution is 7.89. The first-order chi connectivity index (χ1) is 9.45. The number of anilines is 1. The molecule has 6 nitrogen and oxygen atoms in total. The second-order valence-electron chi connectivity index (χ2n) is 5.31. The van der Waals surface area contributed by atoms with Gasteiger partial charge in [0.05, 0.1) is 4.90 Å². The van der Waals surface area contributed by atoms with Gasteiger partial charge in [0.1, 0.15) is 0 Å². The first-order valence-corrected chi connectivity index (χ1v) is 8.23. The number of amides is 2. The minimum absolute atomic E-state index is 0.0949. The molecule has 1 aliphatic heterocycles. The Balaban J connectivity index is 1.81. The van der Waals surface area contributed by atoms with Crippen LogP contribution >= 0.6 is 0 Å². The minimum Gasteiger partial charge on any atom is -0.335 e. The average Bonchev–Trinajstić information content (AvgIpc) is 2.75. The quantitative estimate of drug-likeness (QED) is 0.851. The van der Waals surface area contributed by atoms with Crippen LogP contribution < -0.4 is 15.4 Å². The number of hydrogen-bond donors (Lipinski definition) is 2. The largest absolute Gasteiger partial charge is 0.335 e. The smallest absolute Gasteiger partial charge is 0.322 e. The average molecular weight is 295 g/mol. The highest BCUT2D eigenvalue weighted by Crippen LogP contribution is 2.30. The Bertz CT molecular complexity index is 653. The fraction of sp³-hybridized carbons (Fsp3) is 0.462. The van der Waals surface area contributed by atoms with Crippen LogP contribution in [0.5, 0.6) is 0 Å². The molecule has 108 valence electrons. The van der Waals surface area contributed by atoms with E-state index in [4.69, 9.17) is 5.14 Å². The molecule has 2 amide bonds. The van der Waals surface area contributed by atoms with Crippen molar-refractivity contribution in [3.63, 3.8) is 0 Å². The lowest BCUT2D eigenvalue weighted by atomic mass is 9.93. The first kappa shape index (κ1) is 13.4. The Morgan fingerprint density at radius 1 is 1.35 bits per heavy atom. The molecule has 3 N–H and O–H groups in total. The van der Waals surface area contributed by atoms with Gasteiger partial charge in [0.15, 0.2) is 0 Å². The summed E-state index contributed by atoms with van der Waals surface area (Å²) in [7, 11) is -3.70. The number of rotatable bonds is 2. The molecule has 1 aromatic rings. The molecule has 0 unspecified atom stereocenters. The highest BCUT2D eigenvalue weighted by Gasteiger charge is 2.28. The van der Waals surface area contributed by atoms with Crippen LogP contribution in [0.15, 0.2) is 23.1 Å². The van der Waals surface area contributed by atoms with Gasteiger partial charge >= 0.3 is 6.03 Å². The van der Waals surface area contributed by atoms with Crippen molar-refractivity contribution < 1.29 is 13.2 Å². The summed E-state index contributed by atoms with van der Waals surface area (Å²) in [6, 6.07) is 4.85. The minimum atomic E-state index is -3.70. The Kier molecular flexibility index (Phi) is 3.18. The maximum Gasteiger partial charge on any atom is 0.322 e. The van der Waals surface area contributed by atoms with Gasteiger partial charge in [0, 0.05) is 18.3 Å². The number of nitrogens with one attached hydrogen (secondary N) is 1. The van der Waals surface area contributed by atoms with Crippen LogP contribution in [0.3, 0.4) is 0 Å². The van der Waals surface area contributed by atoms with Crippen molar-refractivity contribution in [3.8, 4) is 0 Å². The van der Waals surface area contributed by atoms with E-state index in [1.54, 1.807) is 17.0 Å². The first-order valence-electron chi connectivity index (χ1n) is 6.69. The number of fused-ring (bicyclic) bond motifs is 1. The van der Waals surface area contributed by atoms with Crippen LogP contribution in [0, 0.1) is 0 Å². The Morgan fingerprint density at radius 3 is 2.70 bits per heavy atom. The fourth-order valence-electron chi connectivity index (χ4n) is 2.57. The van der Waals surface area contributed by atoms with Crippen molar-refractivity contribution in [3.05, 3.63) is 23.8 Å². The Morgan fingerprint density at radius 2 is 2.10 bits per heavy atom. The van der Waals surface area contributed by atoms with E-state index in [-0.39, 0.29) is 17.0 Å². The molecule has 0 aromatic heterocycles. The second kappa shape index (κ2) is 4.75. The molecule has 1 aliphatic carbocycles. The summed E-state index contributed by atoms with van der Waals surface area (Å²) in [6.45, 7) is 0.571. The maximum atomic E-state index is 12.2. The summed E-state index contributed by atoms with van der Waals surface area (Å²) in [4.78, 5) is 13.9. The molecule has 3 rings (SSSR count). The molecule has 1 aromatic carbocycles. The van der Waals surface area contributed by atoms with Crippen LogP contribution in [-0.2, 0) is 16.4 Å². The molecule has 0 bridgehead atoms. The summed E-state index contributed by atoms with van der Waals surface area (Å²) in [5.74, 6) is 0. The summed E-state index contributed by atoms with van der Waals surface area (Å²) in [6.07, 6.45) is 3.89. The van der Waals surface area contributed by atoms with Crippen molar-refractivity contribution in [2.24, 2.45) is 5.14 Å². The van der Waals surface area contributed by atoms with E-state index in [0.29, 0.717) is 13.0 Å². The van der Waals surface area contributed by atoms with Gasteiger partial charge in [-0.05, 0) is 49.4 Å². The number of nitrogens with zero attached hydrogens (tertiary/aromatic N) is 1. The number of hydrogen-bond acceptors (Lipinski definition) is 3. The van der Waals surface area contributed by atoms with E-state index in [1.165, 1.54) is 12.5 Å². The van der Waals surface area contributed by atoms with Gasteiger partial charge in [-0.2, -0.15) is 0 Å². The lowest BCUT2D eigenvalue weighted by Gasteiger charge is -2.29. The second-order valence-corrected chi connectivity index (χ2v) is 6.88. The normalized spacial score (nSPS) is 18.6. The number of benzene rings is 1. The number of carbonyl (C=O) groups is 1. The molecule has 0 radical (unpaired) electrons. The van der Waals surface area contributed by atoms with Crippen LogP contribution in [0.2, 0.25) is 0 Å². The molecular formula is C13H17N3O3S. The van der Waals surface area contributed by atoms with E-state index in [1.807, 2.05) is 0 Å². The summed E-state index contributed by atoms with van der Waals surface area (Å²) >= 11 is 0. The predicted molar refractivity (Wildman–Crippen MR) is 75.0 cm³/mol.